The van der Waals surface area contributed by atoms with Gasteiger partial charge in [0.15, 0.2) is 5.65 Å². The van der Waals surface area contributed by atoms with Gasteiger partial charge in [-0.2, -0.15) is 0 Å². The summed E-state index contributed by atoms with van der Waals surface area (Å²) in [5.74, 6) is 2.23. The first-order valence-corrected chi connectivity index (χ1v) is 13.2. The number of aryl methyl sites for hydroxylation is 1. The van der Waals surface area contributed by atoms with E-state index in [0.717, 1.165) is 92.2 Å². The number of rotatable bonds is 5. The predicted octanol–water partition coefficient (Wildman–Crippen LogP) is 3.03. The second-order valence-corrected chi connectivity index (χ2v) is 10.4. The van der Waals surface area contributed by atoms with E-state index in [1.165, 1.54) is 6.07 Å². The fraction of sp³-hybridized carbons (Fsp3) is 0.556. The minimum absolute atomic E-state index is 0.171. The van der Waals surface area contributed by atoms with Crippen molar-refractivity contribution in [3.05, 3.63) is 53.0 Å². The number of ether oxygens (including phenoxy) is 1. The summed E-state index contributed by atoms with van der Waals surface area (Å²) < 4.78 is 22.2. The number of carbonyl (C=O) groups excluding carboxylic acids is 1. The van der Waals surface area contributed by atoms with Gasteiger partial charge < -0.3 is 14.5 Å². The second-order valence-electron chi connectivity index (χ2n) is 10.4. The molecule has 0 unspecified atom stereocenters. The number of likely N-dealkylation sites (tertiary alicyclic amines) is 2. The molecule has 0 spiro atoms. The Bertz CT molecular complexity index is 1260. The van der Waals surface area contributed by atoms with Crippen molar-refractivity contribution >= 4 is 11.6 Å². The van der Waals surface area contributed by atoms with Crippen LogP contribution in [0.5, 0.6) is 5.75 Å². The number of aromatic nitrogens is 4. The molecule has 6 rings (SSSR count). The molecule has 36 heavy (non-hydrogen) atoms. The van der Waals surface area contributed by atoms with Crippen molar-refractivity contribution in [3.8, 4) is 5.75 Å². The zero-order valence-corrected chi connectivity index (χ0v) is 20.8. The smallest absolute Gasteiger partial charge is 0.225 e. The van der Waals surface area contributed by atoms with Gasteiger partial charge in [-0.1, -0.05) is 0 Å². The average Bonchev–Trinajstić information content (AvgIpc) is 3.59. The molecular weight excluding hydrogens is 459 g/mol. The Hall–Kier alpha value is -3.07. The van der Waals surface area contributed by atoms with E-state index in [1.54, 1.807) is 12.4 Å². The van der Waals surface area contributed by atoms with Gasteiger partial charge >= 0.3 is 0 Å². The highest BCUT2D eigenvalue weighted by Gasteiger charge is 2.31. The highest BCUT2D eigenvalue weighted by Crippen LogP contribution is 2.33. The standard InChI is InChI=1S/C27H33FN6O2/c1-32-11-6-19(7-12-32)27(35)33-13-8-18(9-14-33)22-16-29-25(34-17-30-31-26(22)34)5-2-20-21-10-15-36-24(21)4-3-23(20)28/h3-4,16-19H,2,5-15H2,1H3. The lowest BCUT2D eigenvalue weighted by atomic mass is 9.89. The van der Waals surface area contributed by atoms with Crippen LogP contribution in [0.1, 0.15) is 54.1 Å². The molecule has 0 aliphatic carbocycles. The van der Waals surface area contributed by atoms with Gasteiger partial charge in [-0.25, -0.2) is 9.37 Å². The number of hydrogen-bond donors (Lipinski definition) is 0. The largest absolute Gasteiger partial charge is 0.493 e. The molecule has 0 bridgehead atoms. The third kappa shape index (κ3) is 4.34. The molecule has 1 amide bonds. The summed E-state index contributed by atoms with van der Waals surface area (Å²) >= 11 is 0. The van der Waals surface area contributed by atoms with E-state index in [-0.39, 0.29) is 11.7 Å². The molecule has 2 aromatic heterocycles. The fourth-order valence-corrected chi connectivity index (χ4v) is 6.10. The highest BCUT2D eigenvalue weighted by molar-refractivity contribution is 5.79. The summed E-state index contributed by atoms with van der Waals surface area (Å²) in [5, 5.41) is 8.58. The van der Waals surface area contributed by atoms with Crippen LogP contribution in [-0.4, -0.2) is 75.1 Å². The normalized spacial score (nSPS) is 19.6. The highest BCUT2D eigenvalue weighted by atomic mass is 19.1. The van der Waals surface area contributed by atoms with Gasteiger partial charge in [-0.05, 0) is 75.9 Å². The van der Waals surface area contributed by atoms with E-state index in [4.69, 9.17) is 9.72 Å². The van der Waals surface area contributed by atoms with Crippen molar-refractivity contribution in [2.75, 3.05) is 39.8 Å². The monoisotopic (exact) mass is 492 g/mol. The van der Waals surface area contributed by atoms with Crippen LogP contribution in [0, 0.1) is 11.7 Å². The maximum absolute atomic E-state index is 14.6. The quantitative estimate of drug-likeness (QED) is 0.545. The van der Waals surface area contributed by atoms with Crippen molar-refractivity contribution in [2.45, 2.75) is 50.9 Å². The van der Waals surface area contributed by atoms with E-state index in [0.29, 0.717) is 31.3 Å². The molecule has 3 aliphatic heterocycles. The van der Waals surface area contributed by atoms with Gasteiger partial charge in [0.05, 0.1) is 6.61 Å². The number of nitrogens with zero attached hydrogens (tertiary/aromatic N) is 6. The number of benzene rings is 1. The molecule has 9 heteroatoms. The van der Waals surface area contributed by atoms with Crippen LogP contribution in [0.4, 0.5) is 4.39 Å². The van der Waals surface area contributed by atoms with Crippen LogP contribution in [-0.2, 0) is 24.1 Å². The third-order valence-corrected chi connectivity index (χ3v) is 8.29. The summed E-state index contributed by atoms with van der Waals surface area (Å²) in [6.45, 7) is 4.17. The topological polar surface area (TPSA) is 75.9 Å². The lowest BCUT2D eigenvalue weighted by Crippen LogP contribution is -2.44. The number of amides is 1. The van der Waals surface area contributed by atoms with Crippen molar-refractivity contribution < 1.29 is 13.9 Å². The van der Waals surface area contributed by atoms with E-state index in [9.17, 15) is 9.18 Å². The van der Waals surface area contributed by atoms with Crippen molar-refractivity contribution in [1.29, 1.82) is 0 Å². The molecule has 0 N–H and O–H groups in total. The van der Waals surface area contributed by atoms with Crippen LogP contribution in [0.25, 0.3) is 5.65 Å². The molecule has 5 heterocycles. The molecule has 3 aromatic rings. The number of fused-ring (bicyclic) bond motifs is 2. The van der Waals surface area contributed by atoms with E-state index < -0.39 is 0 Å². The minimum Gasteiger partial charge on any atom is -0.493 e. The molecule has 0 atom stereocenters. The van der Waals surface area contributed by atoms with Gasteiger partial charge in [0.2, 0.25) is 5.91 Å². The van der Waals surface area contributed by atoms with Gasteiger partial charge in [-0.3, -0.25) is 9.20 Å². The maximum atomic E-state index is 14.6. The molecule has 3 aliphatic rings. The first-order valence-electron chi connectivity index (χ1n) is 13.2. The van der Waals surface area contributed by atoms with E-state index >= 15 is 0 Å². The number of piperidine rings is 2. The summed E-state index contributed by atoms with van der Waals surface area (Å²) in [4.78, 5) is 22.2. The van der Waals surface area contributed by atoms with E-state index in [1.807, 2.05) is 10.6 Å². The molecule has 2 fully saturated rings. The van der Waals surface area contributed by atoms with Crippen molar-refractivity contribution in [1.82, 2.24) is 29.4 Å². The van der Waals surface area contributed by atoms with Gasteiger partial charge in [-0.15, -0.1) is 10.2 Å². The Morgan fingerprint density at radius 1 is 1.11 bits per heavy atom. The SMILES string of the molecule is CN1CCC(C(=O)N2CCC(c3cnc(CCc4c(F)ccc5c4CCO5)n4cnnc34)CC2)CC1. The number of halogens is 1. The Labute approximate surface area is 210 Å². The van der Waals surface area contributed by atoms with Crippen molar-refractivity contribution in [2.24, 2.45) is 5.92 Å². The lowest BCUT2D eigenvalue weighted by Gasteiger charge is -2.36. The third-order valence-electron chi connectivity index (χ3n) is 8.29. The summed E-state index contributed by atoms with van der Waals surface area (Å²) in [6, 6.07) is 3.22. The molecule has 8 nitrogen and oxygen atoms in total. The van der Waals surface area contributed by atoms with Gasteiger partial charge in [0, 0.05) is 49.2 Å². The second kappa shape index (κ2) is 9.76. The zero-order chi connectivity index (χ0) is 24.6. The molecule has 0 saturated carbocycles. The summed E-state index contributed by atoms with van der Waals surface area (Å²) in [7, 11) is 2.12. The van der Waals surface area contributed by atoms with Gasteiger partial charge in [0.1, 0.15) is 23.7 Å². The molecule has 0 radical (unpaired) electrons. The van der Waals surface area contributed by atoms with Gasteiger partial charge in [0.25, 0.3) is 0 Å². The zero-order valence-electron chi connectivity index (χ0n) is 20.8. The van der Waals surface area contributed by atoms with Crippen molar-refractivity contribution in [3.63, 3.8) is 0 Å². The van der Waals surface area contributed by atoms with Crippen LogP contribution in [0.15, 0.2) is 24.7 Å². The minimum atomic E-state index is -0.183. The molecule has 190 valence electrons. The number of carbonyl (C=O) groups is 1. The Morgan fingerprint density at radius 3 is 2.72 bits per heavy atom. The van der Waals surface area contributed by atoms with Crippen LogP contribution < -0.4 is 4.74 Å². The lowest BCUT2D eigenvalue weighted by molar-refractivity contribution is -0.138. The fourth-order valence-electron chi connectivity index (χ4n) is 6.10. The Morgan fingerprint density at radius 2 is 1.92 bits per heavy atom. The number of hydrogen-bond acceptors (Lipinski definition) is 6. The van der Waals surface area contributed by atoms with Crippen LogP contribution in [0.3, 0.4) is 0 Å². The molecular formula is C27H33FN6O2. The van der Waals surface area contributed by atoms with Crippen LogP contribution >= 0.6 is 0 Å². The Kier molecular flexibility index (Phi) is 6.33. The predicted molar refractivity (Wildman–Crippen MR) is 133 cm³/mol. The Balaban J connectivity index is 1.14. The maximum Gasteiger partial charge on any atom is 0.225 e. The molecule has 1 aromatic carbocycles. The first-order chi connectivity index (χ1) is 17.6. The summed E-state index contributed by atoms with van der Waals surface area (Å²) in [6.07, 6.45) is 9.25. The molecule has 2 saturated heterocycles. The first kappa shape index (κ1) is 23.3. The van der Waals surface area contributed by atoms with E-state index in [2.05, 4.69) is 27.0 Å². The summed E-state index contributed by atoms with van der Waals surface area (Å²) in [5.41, 5.74) is 3.61. The average molecular weight is 493 g/mol. The van der Waals surface area contributed by atoms with Crippen LogP contribution in [0.2, 0.25) is 0 Å².